The molecule has 196 valence electrons. The van der Waals surface area contributed by atoms with Gasteiger partial charge < -0.3 is 15.2 Å². The molecule has 4 aliphatic carbocycles. The second-order valence-electron chi connectivity index (χ2n) is 12.9. The van der Waals surface area contributed by atoms with Gasteiger partial charge in [-0.1, -0.05) is 44.5 Å². The first kappa shape index (κ1) is 25.6. The molecule has 36 heavy (non-hydrogen) atoms. The third-order valence-corrected chi connectivity index (χ3v) is 10.1. The van der Waals surface area contributed by atoms with Crippen LogP contribution in [0.3, 0.4) is 0 Å². The van der Waals surface area contributed by atoms with E-state index in [4.69, 9.17) is 16.3 Å². The van der Waals surface area contributed by atoms with E-state index >= 15 is 0 Å². The quantitative estimate of drug-likeness (QED) is 0.448. The molecule has 1 heterocycles. The average Bonchev–Trinajstić information content (AvgIpc) is 3.29. The number of urea groups is 1. The minimum absolute atomic E-state index is 0.0801. The molecule has 0 saturated heterocycles. The predicted octanol–water partition coefficient (Wildman–Crippen LogP) is 6.29. The van der Waals surface area contributed by atoms with E-state index in [1.807, 2.05) is 19.2 Å². The summed E-state index contributed by atoms with van der Waals surface area (Å²) in [6.07, 6.45) is 6.76. The van der Waals surface area contributed by atoms with Crippen LogP contribution in [0.25, 0.3) is 0 Å². The zero-order valence-electron chi connectivity index (χ0n) is 22.1. The minimum Gasteiger partial charge on any atom is -0.481 e. The summed E-state index contributed by atoms with van der Waals surface area (Å²) in [6, 6.07) is 6.01. The van der Waals surface area contributed by atoms with Crippen molar-refractivity contribution in [2.24, 2.45) is 22.7 Å². The average molecular weight is 515 g/mol. The van der Waals surface area contributed by atoms with E-state index in [0.29, 0.717) is 49.5 Å². The standard InChI is InChI=1S/C29H39ClN2O4/c1-27(2,3)21-10-17(11-21)22-7-6-19(12-23(22)30)28(4)20(8-9-36-5)16-32(26(35)31-28)24-15-29(25(33)34)13-18(24)14-29/h6-7,12,16-18,21,24H,8-11,13-15H2,1-5H3,(H,31,35)(H,33,34)/t17-,18?,21+,24?,28-,29?/m0/s1. The molecule has 6 rings (SSSR count). The van der Waals surface area contributed by atoms with Crippen molar-refractivity contribution >= 4 is 23.6 Å². The zero-order valence-corrected chi connectivity index (χ0v) is 22.8. The third-order valence-electron chi connectivity index (χ3n) is 9.75. The number of carbonyl (C=O) groups is 2. The Morgan fingerprint density at radius 1 is 1.25 bits per heavy atom. The Bertz CT molecular complexity index is 1100. The molecule has 0 aromatic heterocycles. The van der Waals surface area contributed by atoms with Gasteiger partial charge in [0.1, 0.15) is 0 Å². The molecule has 1 aliphatic heterocycles. The lowest BCUT2D eigenvalue weighted by atomic mass is 9.61. The number of amides is 2. The van der Waals surface area contributed by atoms with Gasteiger partial charge in [-0.25, -0.2) is 4.79 Å². The summed E-state index contributed by atoms with van der Waals surface area (Å²) in [7, 11) is 1.68. The van der Waals surface area contributed by atoms with Gasteiger partial charge in [0.2, 0.25) is 0 Å². The van der Waals surface area contributed by atoms with Gasteiger partial charge in [0.25, 0.3) is 0 Å². The lowest BCUT2D eigenvalue weighted by Crippen LogP contribution is -2.56. The largest absolute Gasteiger partial charge is 0.481 e. The Hall–Kier alpha value is -2.05. The van der Waals surface area contributed by atoms with Gasteiger partial charge in [0.05, 0.1) is 17.6 Å². The van der Waals surface area contributed by atoms with Gasteiger partial charge in [0.15, 0.2) is 0 Å². The zero-order chi connectivity index (χ0) is 26.0. The highest BCUT2D eigenvalue weighted by atomic mass is 35.5. The van der Waals surface area contributed by atoms with Gasteiger partial charge in [0, 0.05) is 24.4 Å². The van der Waals surface area contributed by atoms with E-state index in [1.54, 1.807) is 12.0 Å². The number of carboxylic acids is 1. The van der Waals surface area contributed by atoms with Crippen molar-refractivity contribution in [1.82, 2.24) is 10.2 Å². The number of rotatable bonds is 7. The van der Waals surface area contributed by atoms with Crippen LogP contribution in [0.5, 0.6) is 0 Å². The smallest absolute Gasteiger partial charge is 0.322 e. The van der Waals surface area contributed by atoms with Crippen molar-refractivity contribution in [3.63, 3.8) is 0 Å². The van der Waals surface area contributed by atoms with E-state index in [9.17, 15) is 14.7 Å². The number of hydrogen-bond acceptors (Lipinski definition) is 3. The number of ether oxygens (including phenoxy) is 1. The van der Waals surface area contributed by atoms with Crippen LogP contribution >= 0.6 is 11.6 Å². The molecule has 1 aromatic carbocycles. The second-order valence-corrected chi connectivity index (χ2v) is 13.3. The van der Waals surface area contributed by atoms with Gasteiger partial charge in [-0.3, -0.25) is 9.69 Å². The van der Waals surface area contributed by atoms with Crippen LogP contribution in [-0.2, 0) is 15.1 Å². The highest BCUT2D eigenvalue weighted by molar-refractivity contribution is 6.31. The van der Waals surface area contributed by atoms with E-state index < -0.39 is 16.9 Å². The normalized spacial score (nSPS) is 35.6. The molecule has 0 radical (unpaired) electrons. The number of aliphatic carboxylic acids is 1. The monoisotopic (exact) mass is 514 g/mol. The first-order chi connectivity index (χ1) is 16.9. The Labute approximate surface area is 219 Å². The van der Waals surface area contributed by atoms with Crippen LogP contribution in [0, 0.1) is 22.7 Å². The molecule has 0 spiro atoms. The van der Waals surface area contributed by atoms with E-state index in [-0.39, 0.29) is 18.0 Å². The van der Waals surface area contributed by atoms with Crippen molar-refractivity contribution in [3.05, 3.63) is 46.1 Å². The van der Waals surface area contributed by atoms with Crippen LogP contribution in [0.15, 0.2) is 30.0 Å². The summed E-state index contributed by atoms with van der Waals surface area (Å²) in [4.78, 5) is 27.0. The SMILES string of the molecule is COCCC1=CN(C2CC3(C(=O)O)CC2C3)C(=O)N[C@@]1(C)c1ccc([C@H]2C[C@@H](C(C)(C)C)C2)c(Cl)c1. The maximum absolute atomic E-state index is 13.4. The summed E-state index contributed by atoms with van der Waals surface area (Å²) in [5, 5.41) is 13.7. The molecule has 5 aliphatic rings. The lowest BCUT2D eigenvalue weighted by Gasteiger charge is -2.45. The highest BCUT2D eigenvalue weighted by Gasteiger charge is 2.63. The van der Waals surface area contributed by atoms with Crippen LogP contribution in [0.1, 0.15) is 83.3 Å². The molecule has 2 atom stereocenters. The minimum atomic E-state index is -0.734. The summed E-state index contributed by atoms with van der Waals surface area (Å²) in [6.45, 7) is 9.47. The molecule has 7 heteroatoms. The molecule has 1 unspecified atom stereocenters. The number of halogens is 1. The van der Waals surface area contributed by atoms with Crippen molar-refractivity contribution in [3.8, 4) is 0 Å². The van der Waals surface area contributed by atoms with Crippen LogP contribution < -0.4 is 5.32 Å². The fourth-order valence-electron chi connectivity index (χ4n) is 7.03. The van der Waals surface area contributed by atoms with E-state index in [1.165, 1.54) is 5.56 Å². The number of nitrogens with zero attached hydrogens (tertiary/aromatic N) is 1. The molecule has 4 fully saturated rings. The van der Waals surface area contributed by atoms with E-state index in [2.05, 4.69) is 38.2 Å². The number of nitrogens with one attached hydrogen (secondary N) is 1. The molecule has 2 bridgehead atoms. The summed E-state index contributed by atoms with van der Waals surface area (Å²) in [5.74, 6) is 0.704. The van der Waals surface area contributed by atoms with Crippen molar-refractivity contribution in [2.75, 3.05) is 13.7 Å². The number of fused-ring (bicyclic) bond motifs is 1. The first-order valence-corrected chi connectivity index (χ1v) is 13.6. The molecular weight excluding hydrogens is 476 g/mol. The molecular formula is C29H39ClN2O4. The van der Waals surface area contributed by atoms with Crippen LogP contribution in [0.2, 0.25) is 5.02 Å². The fourth-order valence-corrected chi connectivity index (χ4v) is 7.36. The number of hydrogen-bond donors (Lipinski definition) is 2. The first-order valence-electron chi connectivity index (χ1n) is 13.2. The Balaban J connectivity index is 1.40. The lowest BCUT2D eigenvalue weighted by molar-refractivity contribution is -0.153. The molecule has 2 amide bonds. The number of methoxy groups -OCH3 is 1. The Morgan fingerprint density at radius 2 is 1.94 bits per heavy atom. The highest BCUT2D eigenvalue weighted by Crippen LogP contribution is 2.61. The third kappa shape index (κ3) is 4.05. The Morgan fingerprint density at radius 3 is 2.50 bits per heavy atom. The summed E-state index contributed by atoms with van der Waals surface area (Å²) in [5.41, 5.74) is 2.13. The van der Waals surface area contributed by atoms with Crippen LogP contribution in [0.4, 0.5) is 4.79 Å². The van der Waals surface area contributed by atoms with Gasteiger partial charge in [-0.2, -0.15) is 0 Å². The summed E-state index contributed by atoms with van der Waals surface area (Å²) < 4.78 is 5.40. The number of benzene rings is 1. The molecule has 1 aromatic rings. The van der Waals surface area contributed by atoms with Crippen molar-refractivity contribution < 1.29 is 19.4 Å². The number of carbonyl (C=O) groups excluding carboxylic acids is 1. The van der Waals surface area contributed by atoms with Crippen molar-refractivity contribution in [2.45, 2.75) is 83.7 Å². The van der Waals surface area contributed by atoms with Crippen LogP contribution in [-0.4, -0.2) is 41.8 Å². The molecule has 6 nitrogen and oxygen atoms in total. The maximum atomic E-state index is 13.4. The summed E-state index contributed by atoms with van der Waals surface area (Å²) >= 11 is 6.85. The molecule has 4 saturated carbocycles. The van der Waals surface area contributed by atoms with Gasteiger partial charge >= 0.3 is 12.0 Å². The second kappa shape index (κ2) is 8.76. The maximum Gasteiger partial charge on any atom is 0.322 e. The number of carboxylic acid groups (broad SMARTS) is 1. The van der Waals surface area contributed by atoms with E-state index in [0.717, 1.165) is 29.0 Å². The fraction of sp³-hybridized carbons (Fsp3) is 0.655. The molecule has 2 N–H and O–H groups in total. The van der Waals surface area contributed by atoms with Crippen molar-refractivity contribution in [1.29, 1.82) is 0 Å². The predicted molar refractivity (Wildman–Crippen MR) is 140 cm³/mol. The topological polar surface area (TPSA) is 78.9 Å². The van der Waals surface area contributed by atoms with Gasteiger partial charge in [-0.05, 0) is 91.4 Å². The Kier molecular flexibility index (Phi) is 6.23. The van der Waals surface area contributed by atoms with Gasteiger partial charge in [-0.15, -0.1) is 0 Å².